The number of nitrogens with one attached hydrogen (secondary N) is 2. The van der Waals surface area contributed by atoms with E-state index >= 15 is 0 Å². The van der Waals surface area contributed by atoms with Crippen molar-refractivity contribution >= 4 is 16.8 Å². The summed E-state index contributed by atoms with van der Waals surface area (Å²) in [5.41, 5.74) is 0. The summed E-state index contributed by atoms with van der Waals surface area (Å²) in [6.45, 7) is 2.74. The Morgan fingerprint density at radius 2 is 1.96 bits per heavy atom. The second-order valence-corrected chi connectivity index (χ2v) is 9.49. The van der Waals surface area contributed by atoms with E-state index in [1.807, 2.05) is 19.1 Å². The van der Waals surface area contributed by atoms with Crippen LogP contribution in [0.3, 0.4) is 0 Å². The van der Waals surface area contributed by atoms with Gasteiger partial charge >= 0.3 is 0 Å². The van der Waals surface area contributed by atoms with Crippen molar-refractivity contribution in [3.8, 4) is 0 Å². The molecule has 0 aliphatic heterocycles. The Labute approximate surface area is 159 Å². The number of hydrogen-bond donors (Lipinski definition) is 2. The summed E-state index contributed by atoms with van der Waals surface area (Å²) in [4.78, 5) is 4.80. The highest BCUT2D eigenvalue weighted by molar-refractivity contribution is 7.85. The van der Waals surface area contributed by atoms with Gasteiger partial charge in [-0.2, -0.15) is 0 Å². The van der Waals surface area contributed by atoms with E-state index in [2.05, 4.69) is 10.6 Å². The first-order valence-corrected chi connectivity index (χ1v) is 11.6. The normalized spacial score (nSPS) is 26.0. The zero-order valence-corrected chi connectivity index (χ0v) is 16.7. The van der Waals surface area contributed by atoms with Gasteiger partial charge in [-0.1, -0.05) is 26.2 Å². The third-order valence-corrected chi connectivity index (χ3v) is 7.27. The van der Waals surface area contributed by atoms with Crippen LogP contribution >= 0.6 is 0 Å². The Morgan fingerprint density at radius 1 is 1.19 bits per heavy atom. The molecule has 0 spiro atoms. The van der Waals surface area contributed by atoms with Crippen LogP contribution in [0, 0.1) is 0 Å². The van der Waals surface area contributed by atoms with E-state index in [0.29, 0.717) is 23.9 Å². The van der Waals surface area contributed by atoms with E-state index in [4.69, 9.17) is 9.41 Å². The summed E-state index contributed by atoms with van der Waals surface area (Å²) in [5.74, 6) is 2.67. The number of aliphatic imine (C=N–C) groups is 1. The predicted octanol–water partition coefficient (Wildman–Crippen LogP) is 3.38. The summed E-state index contributed by atoms with van der Waals surface area (Å²) in [6.07, 6.45) is 12.0. The summed E-state index contributed by atoms with van der Waals surface area (Å²) in [7, 11) is -0.691. The summed E-state index contributed by atoms with van der Waals surface area (Å²) >= 11 is 0. The van der Waals surface area contributed by atoms with Gasteiger partial charge in [0.2, 0.25) is 0 Å². The molecular formula is C20H33N3O2S. The third kappa shape index (κ3) is 5.86. The Morgan fingerprint density at radius 3 is 2.69 bits per heavy atom. The van der Waals surface area contributed by atoms with E-state index in [9.17, 15) is 4.21 Å². The first-order chi connectivity index (χ1) is 12.7. The molecule has 0 radical (unpaired) electrons. The third-order valence-electron chi connectivity index (χ3n) is 5.53. The molecule has 1 heterocycles. The summed E-state index contributed by atoms with van der Waals surface area (Å²) in [5, 5.41) is 7.61. The van der Waals surface area contributed by atoms with Crippen molar-refractivity contribution in [2.24, 2.45) is 4.99 Å². The van der Waals surface area contributed by atoms with Crippen molar-refractivity contribution in [1.29, 1.82) is 0 Å². The maximum atomic E-state index is 12.2. The lowest BCUT2D eigenvalue weighted by atomic mass is 9.95. The van der Waals surface area contributed by atoms with Crippen LogP contribution in [-0.2, 0) is 17.2 Å². The molecule has 2 aliphatic rings. The molecule has 1 aromatic heterocycles. The Hall–Kier alpha value is -1.30. The van der Waals surface area contributed by atoms with Crippen LogP contribution in [0.4, 0.5) is 0 Å². The van der Waals surface area contributed by atoms with Crippen LogP contribution < -0.4 is 10.6 Å². The van der Waals surface area contributed by atoms with Crippen molar-refractivity contribution in [2.75, 3.05) is 12.3 Å². The highest BCUT2D eigenvalue weighted by Crippen LogP contribution is 2.23. The fourth-order valence-electron chi connectivity index (χ4n) is 4.07. The molecule has 1 aromatic rings. The molecular weight excluding hydrogens is 346 g/mol. The molecule has 2 saturated carbocycles. The molecule has 0 saturated heterocycles. The molecule has 3 atom stereocenters. The SMILES string of the molecule is CCS(=O)C1CCCC(NC(=NCCc2ccco2)NC2CCCC2)C1. The highest BCUT2D eigenvalue weighted by atomic mass is 32.2. The topological polar surface area (TPSA) is 66.6 Å². The fourth-order valence-corrected chi connectivity index (χ4v) is 5.42. The first kappa shape index (κ1) is 19.5. The second kappa shape index (κ2) is 10.1. The molecule has 0 amide bonds. The zero-order valence-electron chi connectivity index (χ0n) is 15.9. The lowest BCUT2D eigenvalue weighted by molar-refractivity contribution is 0.411. The van der Waals surface area contributed by atoms with Crippen LogP contribution in [0.2, 0.25) is 0 Å². The minimum atomic E-state index is -0.691. The molecule has 0 aromatic carbocycles. The molecule has 3 rings (SSSR count). The van der Waals surface area contributed by atoms with Crippen LogP contribution in [0.15, 0.2) is 27.8 Å². The van der Waals surface area contributed by atoms with Crippen molar-refractivity contribution in [1.82, 2.24) is 10.6 Å². The minimum absolute atomic E-state index is 0.335. The molecule has 2 aliphatic carbocycles. The minimum Gasteiger partial charge on any atom is -0.469 e. The quantitative estimate of drug-likeness (QED) is 0.563. The largest absolute Gasteiger partial charge is 0.469 e. The van der Waals surface area contributed by atoms with E-state index in [1.54, 1.807) is 6.26 Å². The Balaban J connectivity index is 1.57. The number of guanidine groups is 1. The number of hydrogen-bond acceptors (Lipinski definition) is 3. The molecule has 0 bridgehead atoms. The van der Waals surface area contributed by atoms with Gasteiger partial charge in [0, 0.05) is 46.9 Å². The molecule has 2 N–H and O–H groups in total. The van der Waals surface area contributed by atoms with Gasteiger partial charge in [0.1, 0.15) is 5.76 Å². The van der Waals surface area contributed by atoms with Crippen molar-refractivity contribution in [3.05, 3.63) is 24.2 Å². The van der Waals surface area contributed by atoms with Gasteiger partial charge in [-0.3, -0.25) is 9.20 Å². The Kier molecular flexibility index (Phi) is 7.59. The van der Waals surface area contributed by atoms with Crippen molar-refractivity contribution in [2.45, 2.75) is 82.0 Å². The summed E-state index contributed by atoms with van der Waals surface area (Å²) in [6, 6.07) is 4.83. The van der Waals surface area contributed by atoms with E-state index in [1.165, 1.54) is 25.7 Å². The lowest BCUT2D eigenvalue weighted by Crippen LogP contribution is -2.49. The van der Waals surface area contributed by atoms with E-state index in [0.717, 1.165) is 49.6 Å². The highest BCUT2D eigenvalue weighted by Gasteiger charge is 2.26. The number of rotatable bonds is 7. The van der Waals surface area contributed by atoms with Crippen LogP contribution in [0.1, 0.15) is 64.1 Å². The Bertz CT molecular complexity index is 582. The smallest absolute Gasteiger partial charge is 0.191 e. The van der Waals surface area contributed by atoms with Gasteiger partial charge in [0.15, 0.2) is 5.96 Å². The molecule has 2 fully saturated rings. The van der Waals surface area contributed by atoms with Gasteiger partial charge in [-0.15, -0.1) is 0 Å². The van der Waals surface area contributed by atoms with E-state index in [-0.39, 0.29) is 0 Å². The van der Waals surface area contributed by atoms with Crippen LogP contribution in [0.25, 0.3) is 0 Å². The van der Waals surface area contributed by atoms with Gasteiger partial charge < -0.3 is 15.1 Å². The van der Waals surface area contributed by atoms with E-state index < -0.39 is 10.8 Å². The average molecular weight is 380 g/mol. The monoisotopic (exact) mass is 379 g/mol. The predicted molar refractivity (Wildman–Crippen MR) is 108 cm³/mol. The fraction of sp³-hybridized carbons (Fsp3) is 0.750. The molecule has 26 heavy (non-hydrogen) atoms. The first-order valence-electron chi connectivity index (χ1n) is 10.2. The maximum Gasteiger partial charge on any atom is 0.191 e. The molecule has 146 valence electrons. The standard InChI is InChI=1S/C20H33N3O2S/c1-2-26(24)19-11-5-9-17(15-19)23-20(22-16-7-3-4-8-16)21-13-12-18-10-6-14-25-18/h6,10,14,16-17,19H,2-5,7-9,11-13,15H2,1H3,(H2,21,22,23). The van der Waals surface area contributed by atoms with Gasteiger partial charge in [-0.05, 0) is 44.2 Å². The van der Waals surface area contributed by atoms with Gasteiger partial charge in [-0.25, -0.2) is 0 Å². The molecule has 3 unspecified atom stereocenters. The van der Waals surface area contributed by atoms with Crippen LogP contribution in [0.5, 0.6) is 0 Å². The van der Waals surface area contributed by atoms with Crippen molar-refractivity contribution in [3.63, 3.8) is 0 Å². The van der Waals surface area contributed by atoms with Gasteiger partial charge in [0.25, 0.3) is 0 Å². The maximum absolute atomic E-state index is 12.2. The van der Waals surface area contributed by atoms with Gasteiger partial charge in [0.05, 0.1) is 6.26 Å². The average Bonchev–Trinajstić information content (AvgIpc) is 3.35. The number of furan rings is 1. The summed E-state index contributed by atoms with van der Waals surface area (Å²) < 4.78 is 17.6. The zero-order chi connectivity index (χ0) is 18.2. The molecule has 6 heteroatoms. The molecule has 5 nitrogen and oxygen atoms in total. The van der Waals surface area contributed by atoms with Crippen LogP contribution in [-0.4, -0.2) is 39.8 Å². The van der Waals surface area contributed by atoms with Crippen molar-refractivity contribution < 1.29 is 8.63 Å². The lowest BCUT2D eigenvalue weighted by Gasteiger charge is -2.31. The second-order valence-electron chi connectivity index (χ2n) is 7.48. The number of nitrogens with zero attached hydrogens (tertiary/aromatic N) is 1.